The maximum absolute atomic E-state index is 8.91. The third-order valence-corrected chi connectivity index (χ3v) is 3.70. The van der Waals surface area contributed by atoms with Gasteiger partial charge in [-0.1, -0.05) is 35.3 Å². The second-order valence-corrected chi connectivity index (χ2v) is 4.56. The van der Waals surface area contributed by atoms with Crippen molar-refractivity contribution in [3.05, 3.63) is 34.9 Å². The average Bonchev–Trinajstić information content (AvgIpc) is 2.19. The number of hydrogen-bond donors (Lipinski definition) is 1. The Bertz CT molecular complexity index is 379. The lowest BCUT2D eigenvalue weighted by molar-refractivity contribution is 0.287. The van der Waals surface area contributed by atoms with Gasteiger partial charge >= 0.3 is 0 Å². The van der Waals surface area contributed by atoms with Crippen LogP contribution in [0.5, 0.6) is 0 Å². The van der Waals surface area contributed by atoms with E-state index in [9.17, 15) is 0 Å². The van der Waals surface area contributed by atoms with Crippen molar-refractivity contribution in [3.8, 4) is 0 Å². The van der Waals surface area contributed by atoms with Crippen molar-refractivity contribution < 1.29 is 5.21 Å². The van der Waals surface area contributed by atoms with Gasteiger partial charge in [0, 0.05) is 10.4 Å². The smallest absolute Gasteiger partial charge is 0.0645 e. The number of oxime groups is 1. The van der Waals surface area contributed by atoms with Crippen LogP contribution in [0.3, 0.4) is 0 Å². The Morgan fingerprint density at radius 3 is 2.33 bits per heavy atom. The van der Waals surface area contributed by atoms with E-state index in [1.165, 1.54) is 12.0 Å². The Labute approximate surface area is 94.6 Å². The topological polar surface area (TPSA) is 32.6 Å². The molecular formula is C12H14ClNO. The van der Waals surface area contributed by atoms with Crippen molar-refractivity contribution in [1.29, 1.82) is 0 Å². The molecule has 0 radical (unpaired) electrons. The lowest BCUT2D eigenvalue weighted by atomic mass is 9.62. The average molecular weight is 224 g/mol. The molecule has 3 heteroatoms. The van der Waals surface area contributed by atoms with Gasteiger partial charge in [-0.3, -0.25) is 0 Å². The van der Waals surface area contributed by atoms with Crippen LogP contribution in [0.2, 0.25) is 5.02 Å². The molecular weight excluding hydrogens is 210 g/mol. The second-order valence-electron chi connectivity index (χ2n) is 4.13. The molecule has 1 aromatic rings. The third kappa shape index (κ3) is 1.63. The zero-order chi connectivity index (χ0) is 10.9. The van der Waals surface area contributed by atoms with Crippen LogP contribution in [0.4, 0.5) is 0 Å². The fourth-order valence-corrected chi connectivity index (χ4v) is 2.38. The van der Waals surface area contributed by atoms with Crippen LogP contribution in [0.15, 0.2) is 29.4 Å². The van der Waals surface area contributed by atoms with Gasteiger partial charge in [0.2, 0.25) is 0 Å². The van der Waals surface area contributed by atoms with E-state index in [1.807, 2.05) is 31.2 Å². The lowest BCUT2D eigenvalue weighted by Gasteiger charge is -2.41. The van der Waals surface area contributed by atoms with E-state index < -0.39 is 0 Å². The fraction of sp³-hybridized carbons (Fsp3) is 0.417. The van der Waals surface area contributed by atoms with Crippen molar-refractivity contribution in [1.82, 2.24) is 0 Å². The minimum absolute atomic E-state index is 0.0423. The molecule has 0 aromatic heterocycles. The quantitative estimate of drug-likeness (QED) is 0.464. The highest BCUT2D eigenvalue weighted by Gasteiger charge is 2.41. The largest absolute Gasteiger partial charge is 0.411 e. The van der Waals surface area contributed by atoms with Crippen LogP contribution >= 0.6 is 11.6 Å². The van der Waals surface area contributed by atoms with Crippen molar-refractivity contribution in [2.75, 3.05) is 0 Å². The summed E-state index contributed by atoms with van der Waals surface area (Å²) < 4.78 is 0. The highest BCUT2D eigenvalue weighted by molar-refractivity contribution is 6.30. The second kappa shape index (κ2) is 3.86. The van der Waals surface area contributed by atoms with E-state index in [4.69, 9.17) is 16.8 Å². The van der Waals surface area contributed by atoms with Crippen LogP contribution in [0.25, 0.3) is 0 Å². The van der Waals surface area contributed by atoms with Gasteiger partial charge in [-0.25, -0.2) is 0 Å². The first-order valence-corrected chi connectivity index (χ1v) is 5.52. The van der Waals surface area contributed by atoms with Gasteiger partial charge in [-0.05, 0) is 37.5 Å². The van der Waals surface area contributed by atoms with E-state index in [1.54, 1.807) is 0 Å². The predicted molar refractivity (Wildman–Crippen MR) is 61.9 cm³/mol. The summed E-state index contributed by atoms with van der Waals surface area (Å²) in [5.41, 5.74) is 1.96. The highest BCUT2D eigenvalue weighted by atomic mass is 35.5. The molecule has 2 nitrogen and oxygen atoms in total. The molecule has 0 bridgehead atoms. The molecule has 1 aliphatic carbocycles. The summed E-state index contributed by atoms with van der Waals surface area (Å²) in [5.74, 6) is 0. The highest BCUT2D eigenvalue weighted by Crippen LogP contribution is 2.45. The number of hydrogen-bond acceptors (Lipinski definition) is 2. The van der Waals surface area contributed by atoms with E-state index in [-0.39, 0.29) is 5.41 Å². The first-order chi connectivity index (χ1) is 7.19. The SMILES string of the molecule is C/C(=N\O)C1(c2ccc(Cl)cc2)CCC1. The summed E-state index contributed by atoms with van der Waals surface area (Å²) >= 11 is 5.86. The molecule has 1 fully saturated rings. The molecule has 0 atom stereocenters. The van der Waals surface area contributed by atoms with Gasteiger partial charge in [0.15, 0.2) is 0 Å². The van der Waals surface area contributed by atoms with Crippen molar-refractivity contribution in [2.24, 2.45) is 5.16 Å². The molecule has 0 unspecified atom stereocenters. The standard InChI is InChI=1S/C12H14ClNO/c1-9(14-15)12(7-2-8-12)10-3-5-11(13)6-4-10/h3-6,15H,2,7-8H2,1H3/b14-9+. The maximum Gasteiger partial charge on any atom is 0.0645 e. The van der Waals surface area contributed by atoms with E-state index >= 15 is 0 Å². The zero-order valence-electron chi connectivity index (χ0n) is 8.70. The first kappa shape index (κ1) is 10.5. The van der Waals surface area contributed by atoms with E-state index in [2.05, 4.69) is 5.16 Å². The minimum atomic E-state index is -0.0423. The molecule has 2 rings (SSSR count). The molecule has 1 aliphatic rings. The van der Waals surface area contributed by atoms with Crippen LogP contribution in [-0.2, 0) is 5.41 Å². The van der Waals surface area contributed by atoms with Gasteiger partial charge < -0.3 is 5.21 Å². The first-order valence-electron chi connectivity index (χ1n) is 5.14. The van der Waals surface area contributed by atoms with Gasteiger partial charge in [0.05, 0.1) is 5.71 Å². The number of rotatable bonds is 2. The Morgan fingerprint density at radius 2 is 1.93 bits per heavy atom. The third-order valence-electron chi connectivity index (χ3n) is 3.45. The molecule has 0 heterocycles. The summed E-state index contributed by atoms with van der Waals surface area (Å²) in [6.45, 7) is 1.88. The summed E-state index contributed by atoms with van der Waals surface area (Å²) in [6, 6.07) is 7.83. The fourth-order valence-electron chi connectivity index (χ4n) is 2.25. The molecule has 0 spiro atoms. The normalized spacial score (nSPS) is 19.7. The Kier molecular flexibility index (Phi) is 2.70. The van der Waals surface area contributed by atoms with Gasteiger partial charge in [-0.15, -0.1) is 0 Å². The molecule has 80 valence electrons. The number of benzene rings is 1. The minimum Gasteiger partial charge on any atom is -0.411 e. The molecule has 0 aliphatic heterocycles. The molecule has 0 saturated heterocycles. The summed E-state index contributed by atoms with van der Waals surface area (Å²) in [7, 11) is 0. The van der Waals surface area contributed by atoms with Crippen molar-refractivity contribution >= 4 is 17.3 Å². The van der Waals surface area contributed by atoms with Crippen LogP contribution in [-0.4, -0.2) is 10.9 Å². The summed E-state index contributed by atoms with van der Waals surface area (Å²) in [4.78, 5) is 0. The molecule has 1 aromatic carbocycles. The molecule has 1 N–H and O–H groups in total. The predicted octanol–water partition coefficient (Wildman–Crippen LogP) is 3.61. The maximum atomic E-state index is 8.91. The zero-order valence-corrected chi connectivity index (χ0v) is 9.46. The Morgan fingerprint density at radius 1 is 1.33 bits per heavy atom. The van der Waals surface area contributed by atoms with Crippen LogP contribution in [0.1, 0.15) is 31.7 Å². The summed E-state index contributed by atoms with van der Waals surface area (Å²) in [5, 5.41) is 13.0. The Hall–Kier alpha value is -1.02. The summed E-state index contributed by atoms with van der Waals surface area (Å²) in [6.07, 6.45) is 3.31. The van der Waals surface area contributed by atoms with E-state index in [0.717, 1.165) is 23.6 Å². The lowest BCUT2D eigenvalue weighted by Crippen LogP contribution is -2.41. The van der Waals surface area contributed by atoms with Gasteiger partial charge in [-0.2, -0.15) is 0 Å². The van der Waals surface area contributed by atoms with E-state index in [0.29, 0.717) is 0 Å². The molecule has 15 heavy (non-hydrogen) atoms. The van der Waals surface area contributed by atoms with Gasteiger partial charge in [0.25, 0.3) is 0 Å². The van der Waals surface area contributed by atoms with Crippen LogP contribution < -0.4 is 0 Å². The van der Waals surface area contributed by atoms with Gasteiger partial charge in [0.1, 0.15) is 0 Å². The number of halogens is 1. The van der Waals surface area contributed by atoms with Crippen molar-refractivity contribution in [2.45, 2.75) is 31.6 Å². The number of nitrogens with zero attached hydrogens (tertiary/aromatic N) is 1. The van der Waals surface area contributed by atoms with Crippen LogP contribution in [0, 0.1) is 0 Å². The van der Waals surface area contributed by atoms with Crippen molar-refractivity contribution in [3.63, 3.8) is 0 Å². The molecule has 0 amide bonds. The monoisotopic (exact) mass is 223 g/mol. The Balaban J connectivity index is 2.38. The molecule has 1 saturated carbocycles.